The lowest BCUT2D eigenvalue weighted by atomic mass is 9.96. The van der Waals surface area contributed by atoms with Crippen molar-refractivity contribution in [1.82, 2.24) is 0 Å². The Kier molecular flexibility index (Phi) is 4.35. The first-order chi connectivity index (χ1) is 9.15. The molecule has 1 N–H and O–H groups in total. The summed E-state index contributed by atoms with van der Waals surface area (Å²) in [6.07, 6.45) is 0. The van der Waals surface area contributed by atoms with Crippen molar-refractivity contribution >= 4 is 0 Å². The molecule has 0 aliphatic heterocycles. The second kappa shape index (κ2) is 6.00. The number of rotatable bonds is 5. The van der Waals surface area contributed by atoms with E-state index in [1.54, 1.807) is 0 Å². The van der Waals surface area contributed by atoms with Crippen LogP contribution < -0.4 is 0 Å². The third-order valence-electron chi connectivity index (χ3n) is 3.61. The van der Waals surface area contributed by atoms with Crippen LogP contribution in [0.2, 0.25) is 0 Å². The second-order valence-corrected chi connectivity index (χ2v) is 5.45. The SMILES string of the molecule is C[N+](C)(CCO)C(c1ccccc1)c1ccccc1. The van der Waals surface area contributed by atoms with Gasteiger partial charge in [-0.1, -0.05) is 60.7 Å². The normalized spacial score (nSPS) is 11.8. The highest BCUT2D eigenvalue weighted by atomic mass is 16.3. The summed E-state index contributed by atoms with van der Waals surface area (Å²) in [5.74, 6) is 0. The molecule has 0 bridgehead atoms. The summed E-state index contributed by atoms with van der Waals surface area (Å²) in [5, 5.41) is 9.33. The van der Waals surface area contributed by atoms with Gasteiger partial charge in [-0.2, -0.15) is 0 Å². The Hall–Kier alpha value is -1.64. The minimum absolute atomic E-state index is 0.198. The lowest BCUT2D eigenvalue weighted by Crippen LogP contribution is -2.45. The molecule has 0 heterocycles. The second-order valence-electron chi connectivity index (χ2n) is 5.45. The first kappa shape index (κ1) is 13.8. The standard InChI is InChI=1S/C17H22NO/c1-18(2,13-14-19)17(15-9-5-3-6-10-15)16-11-7-4-8-12-16/h3-12,17,19H,13-14H2,1-2H3/q+1. The van der Waals surface area contributed by atoms with E-state index in [2.05, 4.69) is 62.6 Å². The highest BCUT2D eigenvalue weighted by molar-refractivity contribution is 5.29. The molecular weight excluding hydrogens is 234 g/mol. The highest BCUT2D eigenvalue weighted by Crippen LogP contribution is 2.31. The Labute approximate surface area is 115 Å². The Morgan fingerprint density at radius 1 is 0.842 bits per heavy atom. The Bertz CT molecular complexity index is 454. The van der Waals surface area contributed by atoms with Crippen molar-refractivity contribution in [1.29, 1.82) is 0 Å². The molecule has 0 fully saturated rings. The molecule has 0 spiro atoms. The van der Waals surface area contributed by atoms with E-state index in [4.69, 9.17) is 0 Å². The van der Waals surface area contributed by atoms with Crippen molar-refractivity contribution < 1.29 is 9.59 Å². The van der Waals surface area contributed by atoms with Gasteiger partial charge in [0.1, 0.15) is 12.6 Å². The van der Waals surface area contributed by atoms with Gasteiger partial charge in [0.15, 0.2) is 0 Å². The van der Waals surface area contributed by atoms with Crippen LogP contribution in [0.4, 0.5) is 0 Å². The van der Waals surface area contributed by atoms with Crippen LogP contribution in [-0.2, 0) is 0 Å². The first-order valence-corrected chi connectivity index (χ1v) is 6.68. The molecule has 2 aromatic carbocycles. The number of nitrogens with zero attached hydrogens (tertiary/aromatic N) is 1. The van der Waals surface area contributed by atoms with Gasteiger partial charge in [-0.25, -0.2) is 0 Å². The molecule has 0 saturated carbocycles. The van der Waals surface area contributed by atoms with E-state index >= 15 is 0 Å². The zero-order chi connectivity index (χ0) is 13.7. The van der Waals surface area contributed by atoms with Crippen LogP contribution in [0.5, 0.6) is 0 Å². The average Bonchev–Trinajstić information content (AvgIpc) is 2.41. The summed E-state index contributed by atoms with van der Waals surface area (Å²) in [5.41, 5.74) is 2.57. The molecule has 2 nitrogen and oxygen atoms in total. The van der Waals surface area contributed by atoms with Crippen molar-refractivity contribution in [2.24, 2.45) is 0 Å². The van der Waals surface area contributed by atoms with Crippen LogP contribution in [0.25, 0.3) is 0 Å². The molecule has 2 rings (SSSR count). The predicted molar refractivity (Wildman–Crippen MR) is 78.8 cm³/mol. The van der Waals surface area contributed by atoms with E-state index in [-0.39, 0.29) is 12.6 Å². The fourth-order valence-corrected chi connectivity index (χ4v) is 2.66. The molecule has 0 aromatic heterocycles. The average molecular weight is 256 g/mol. The summed E-state index contributed by atoms with van der Waals surface area (Å²) in [6, 6.07) is 21.3. The van der Waals surface area contributed by atoms with Gasteiger partial charge in [0, 0.05) is 11.1 Å². The van der Waals surface area contributed by atoms with Gasteiger partial charge >= 0.3 is 0 Å². The van der Waals surface area contributed by atoms with Crippen LogP contribution >= 0.6 is 0 Å². The minimum Gasteiger partial charge on any atom is -0.391 e. The van der Waals surface area contributed by atoms with E-state index in [9.17, 15) is 5.11 Å². The summed E-state index contributed by atoms with van der Waals surface area (Å²) < 4.78 is 0.741. The molecule has 0 aliphatic rings. The first-order valence-electron chi connectivity index (χ1n) is 6.68. The number of benzene rings is 2. The zero-order valence-corrected chi connectivity index (χ0v) is 11.7. The molecule has 0 aliphatic carbocycles. The molecular formula is C17H22NO+. The fraction of sp³-hybridized carbons (Fsp3) is 0.294. The number of hydrogen-bond donors (Lipinski definition) is 1. The van der Waals surface area contributed by atoms with Crippen molar-refractivity contribution in [2.45, 2.75) is 6.04 Å². The summed E-state index contributed by atoms with van der Waals surface area (Å²) >= 11 is 0. The molecule has 0 atom stereocenters. The maximum atomic E-state index is 9.33. The molecule has 19 heavy (non-hydrogen) atoms. The lowest BCUT2D eigenvalue weighted by molar-refractivity contribution is -0.915. The number of hydrogen-bond acceptors (Lipinski definition) is 1. The van der Waals surface area contributed by atoms with E-state index in [0.29, 0.717) is 0 Å². The summed E-state index contributed by atoms with van der Waals surface area (Å²) in [7, 11) is 4.34. The van der Waals surface area contributed by atoms with Gasteiger partial charge in [0.25, 0.3) is 0 Å². The smallest absolute Gasteiger partial charge is 0.140 e. The zero-order valence-electron chi connectivity index (χ0n) is 11.7. The maximum absolute atomic E-state index is 9.33. The quantitative estimate of drug-likeness (QED) is 0.816. The number of aliphatic hydroxyl groups excluding tert-OH is 1. The van der Waals surface area contributed by atoms with Crippen molar-refractivity contribution in [2.75, 3.05) is 27.2 Å². The molecule has 0 unspecified atom stereocenters. The third kappa shape index (κ3) is 3.22. The summed E-state index contributed by atoms with van der Waals surface area (Å²) in [4.78, 5) is 0. The van der Waals surface area contributed by atoms with Crippen molar-refractivity contribution in [3.8, 4) is 0 Å². The van der Waals surface area contributed by atoms with E-state index in [0.717, 1.165) is 11.0 Å². The van der Waals surface area contributed by atoms with Gasteiger partial charge in [0.05, 0.1) is 20.7 Å². The van der Waals surface area contributed by atoms with Crippen LogP contribution in [-0.4, -0.2) is 36.8 Å². The van der Waals surface area contributed by atoms with Crippen molar-refractivity contribution in [3.05, 3.63) is 71.8 Å². The van der Waals surface area contributed by atoms with E-state index < -0.39 is 0 Å². The fourth-order valence-electron chi connectivity index (χ4n) is 2.66. The minimum atomic E-state index is 0.198. The summed E-state index contributed by atoms with van der Waals surface area (Å²) in [6.45, 7) is 0.928. The monoisotopic (exact) mass is 256 g/mol. The molecule has 100 valence electrons. The van der Waals surface area contributed by atoms with Crippen molar-refractivity contribution in [3.63, 3.8) is 0 Å². The predicted octanol–water partition coefficient (Wildman–Crippen LogP) is 2.84. The van der Waals surface area contributed by atoms with E-state index in [1.165, 1.54) is 11.1 Å². The number of aliphatic hydroxyl groups is 1. The van der Waals surface area contributed by atoms with Crippen LogP contribution in [0.1, 0.15) is 17.2 Å². The van der Waals surface area contributed by atoms with Gasteiger partial charge in [-0.3, -0.25) is 0 Å². The third-order valence-corrected chi connectivity index (χ3v) is 3.61. The van der Waals surface area contributed by atoms with Gasteiger partial charge in [-0.05, 0) is 0 Å². The molecule has 0 saturated heterocycles. The number of quaternary nitrogens is 1. The van der Waals surface area contributed by atoms with Gasteiger partial charge < -0.3 is 9.59 Å². The van der Waals surface area contributed by atoms with Gasteiger partial charge in [0.2, 0.25) is 0 Å². The number of likely N-dealkylation sites (N-methyl/N-ethyl adjacent to an activating group) is 1. The van der Waals surface area contributed by atoms with Gasteiger partial charge in [-0.15, -0.1) is 0 Å². The Morgan fingerprint density at radius 3 is 1.63 bits per heavy atom. The Balaban J connectivity index is 2.46. The lowest BCUT2D eigenvalue weighted by Gasteiger charge is -2.38. The molecule has 0 radical (unpaired) electrons. The van der Waals surface area contributed by atoms with E-state index in [1.807, 2.05) is 12.1 Å². The molecule has 2 aromatic rings. The largest absolute Gasteiger partial charge is 0.391 e. The topological polar surface area (TPSA) is 20.2 Å². The Morgan fingerprint density at radius 2 is 1.26 bits per heavy atom. The maximum Gasteiger partial charge on any atom is 0.140 e. The highest BCUT2D eigenvalue weighted by Gasteiger charge is 2.30. The van der Waals surface area contributed by atoms with Crippen LogP contribution in [0, 0.1) is 0 Å². The molecule has 0 amide bonds. The van der Waals surface area contributed by atoms with Crippen LogP contribution in [0.3, 0.4) is 0 Å². The van der Waals surface area contributed by atoms with Crippen LogP contribution in [0.15, 0.2) is 60.7 Å². The molecule has 2 heteroatoms.